The molecule has 23 heavy (non-hydrogen) atoms. The van der Waals surface area contributed by atoms with E-state index in [1.807, 2.05) is 26.0 Å². The van der Waals surface area contributed by atoms with Gasteiger partial charge < -0.3 is 15.4 Å². The molecule has 1 aliphatic rings. The Hall–Kier alpha value is -2.89. The van der Waals surface area contributed by atoms with Crippen LogP contribution in [0.5, 0.6) is 5.75 Å². The van der Waals surface area contributed by atoms with Gasteiger partial charge in [0.05, 0.1) is 0 Å². The number of aromatic nitrogens is 1. The summed E-state index contributed by atoms with van der Waals surface area (Å²) in [6.45, 7) is 5.39. The zero-order chi connectivity index (χ0) is 16.6. The van der Waals surface area contributed by atoms with Crippen molar-refractivity contribution in [3.05, 3.63) is 47.7 Å². The normalized spacial score (nSPS) is 19.3. The number of benzene rings is 1. The van der Waals surface area contributed by atoms with Gasteiger partial charge in [-0.25, -0.2) is 4.98 Å². The van der Waals surface area contributed by atoms with Gasteiger partial charge in [-0.1, -0.05) is 6.07 Å². The molecule has 3 rings (SSSR count). The van der Waals surface area contributed by atoms with E-state index in [-0.39, 0.29) is 0 Å². The fourth-order valence-corrected chi connectivity index (χ4v) is 2.28. The van der Waals surface area contributed by atoms with Crippen molar-refractivity contribution in [3.8, 4) is 5.75 Å². The third kappa shape index (κ3) is 2.63. The molecule has 2 amide bonds. The van der Waals surface area contributed by atoms with E-state index in [4.69, 9.17) is 4.74 Å². The first-order valence-corrected chi connectivity index (χ1v) is 7.24. The molecule has 1 atom stereocenters. The van der Waals surface area contributed by atoms with Gasteiger partial charge in [0, 0.05) is 11.9 Å². The molecule has 0 saturated carbocycles. The second-order valence-corrected chi connectivity index (χ2v) is 5.69. The van der Waals surface area contributed by atoms with Gasteiger partial charge in [0.1, 0.15) is 0 Å². The third-order valence-corrected chi connectivity index (χ3v) is 3.95. The van der Waals surface area contributed by atoms with Gasteiger partial charge in [-0.2, -0.15) is 0 Å². The van der Waals surface area contributed by atoms with Crippen LogP contribution in [0.15, 0.2) is 36.5 Å². The van der Waals surface area contributed by atoms with Crippen LogP contribution in [0.1, 0.15) is 18.1 Å². The molecule has 2 heterocycles. The Balaban J connectivity index is 1.86. The smallest absolute Gasteiger partial charge is 0.279 e. The van der Waals surface area contributed by atoms with E-state index in [0.717, 1.165) is 11.1 Å². The fourth-order valence-electron chi connectivity index (χ4n) is 2.28. The lowest BCUT2D eigenvalue weighted by Crippen LogP contribution is -2.56. The van der Waals surface area contributed by atoms with Crippen LogP contribution in [0.2, 0.25) is 0 Å². The average Bonchev–Trinajstić information content (AvgIpc) is 2.52. The van der Waals surface area contributed by atoms with E-state index in [2.05, 4.69) is 15.6 Å². The van der Waals surface area contributed by atoms with Gasteiger partial charge in [-0.15, -0.1) is 0 Å². The maximum absolute atomic E-state index is 12.6. The number of hydrogen-bond donors (Lipinski definition) is 2. The molecular weight excluding hydrogens is 294 g/mol. The van der Waals surface area contributed by atoms with Crippen LogP contribution in [0.25, 0.3) is 0 Å². The minimum Gasteiger partial charge on any atom is -0.464 e. The summed E-state index contributed by atoms with van der Waals surface area (Å²) in [6, 6.07) is 8.89. The van der Waals surface area contributed by atoms with E-state index >= 15 is 0 Å². The number of amides is 2. The van der Waals surface area contributed by atoms with Crippen molar-refractivity contribution in [1.82, 2.24) is 4.98 Å². The largest absolute Gasteiger partial charge is 0.464 e. The number of nitrogens with one attached hydrogen (secondary N) is 2. The summed E-state index contributed by atoms with van der Waals surface area (Å²) in [4.78, 5) is 28.9. The maximum Gasteiger partial charge on any atom is 0.279 e. The molecule has 1 aliphatic heterocycles. The molecule has 2 N–H and O–H groups in total. The quantitative estimate of drug-likeness (QED) is 0.835. The highest BCUT2D eigenvalue weighted by Gasteiger charge is 2.47. The SMILES string of the molecule is Cc1ccc(NC(=O)[C@@]2(C)Oc3cccnc3NC2=O)cc1C. The first-order valence-electron chi connectivity index (χ1n) is 7.24. The fraction of sp³-hybridized carbons (Fsp3) is 0.235. The van der Waals surface area contributed by atoms with Gasteiger partial charge in [0.15, 0.2) is 11.6 Å². The number of pyridine rings is 1. The Morgan fingerprint density at radius 3 is 2.78 bits per heavy atom. The molecule has 0 aliphatic carbocycles. The summed E-state index contributed by atoms with van der Waals surface area (Å²) >= 11 is 0. The number of carbonyl (C=O) groups is 2. The number of aryl methyl sites for hydroxylation is 2. The Labute approximate surface area is 133 Å². The van der Waals surface area contributed by atoms with Crippen molar-refractivity contribution in [2.45, 2.75) is 26.4 Å². The average molecular weight is 311 g/mol. The standard InChI is InChI=1S/C17H17N3O3/c1-10-6-7-12(9-11(10)2)19-15(21)17(3)16(22)20-14-13(23-17)5-4-8-18-14/h4-9H,1-3H3,(H,19,21)(H,18,20,22)/t17-/m1/s1. The predicted molar refractivity (Wildman–Crippen MR) is 86.4 cm³/mol. The molecule has 6 heteroatoms. The van der Waals surface area contributed by atoms with Crippen molar-refractivity contribution < 1.29 is 14.3 Å². The summed E-state index contributed by atoms with van der Waals surface area (Å²) in [7, 11) is 0. The van der Waals surface area contributed by atoms with Crippen LogP contribution in [0, 0.1) is 13.8 Å². The monoisotopic (exact) mass is 311 g/mol. The predicted octanol–water partition coefficient (Wildman–Crippen LogP) is 2.43. The molecule has 0 fully saturated rings. The number of carbonyl (C=O) groups excluding carboxylic acids is 2. The van der Waals surface area contributed by atoms with E-state index in [0.29, 0.717) is 17.3 Å². The summed E-state index contributed by atoms with van der Waals surface area (Å²) < 4.78 is 5.63. The highest BCUT2D eigenvalue weighted by molar-refractivity contribution is 6.18. The van der Waals surface area contributed by atoms with Gasteiger partial charge in [-0.3, -0.25) is 9.59 Å². The summed E-state index contributed by atoms with van der Waals surface area (Å²) in [6.07, 6.45) is 1.54. The number of fused-ring (bicyclic) bond motifs is 1. The van der Waals surface area contributed by atoms with Crippen LogP contribution in [0.4, 0.5) is 11.5 Å². The number of hydrogen-bond acceptors (Lipinski definition) is 4. The van der Waals surface area contributed by atoms with E-state index < -0.39 is 17.4 Å². The van der Waals surface area contributed by atoms with Crippen molar-refractivity contribution in [2.24, 2.45) is 0 Å². The molecular formula is C17H17N3O3. The maximum atomic E-state index is 12.6. The molecule has 0 unspecified atom stereocenters. The Kier molecular flexibility index (Phi) is 3.52. The molecule has 118 valence electrons. The van der Waals surface area contributed by atoms with Gasteiger partial charge in [-0.05, 0) is 56.2 Å². The second-order valence-electron chi connectivity index (χ2n) is 5.69. The van der Waals surface area contributed by atoms with Crippen molar-refractivity contribution >= 4 is 23.3 Å². The molecule has 2 aromatic rings. The second kappa shape index (κ2) is 5.39. The zero-order valence-corrected chi connectivity index (χ0v) is 13.1. The lowest BCUT2D eigenvalue weighted by molar-refractivity contribution is -0.143. The first-order chi connectivity index (χ1) is 10.9. The van der Waals surface area contributed by atoms with Crippen LogP contribution < -0.4 is 15.4 Å². The van der Waals surface area contributed by atoms with Crippen molar-refractivity contribution in [1.29, 1.82) is 0 Å². The first kappa shape index (κ1) is 15.0. The molecule has 1 aromatic carbocycles. The molecule has 0 radical (unpaired) electrons. The van der Waals surface area contributed by atoms with Crippen molar-refractivity contribution in [2.75, 3.05) is 10.6 Å². The van der Waals surface area contributed by atoms with Gasteiger partial charge in [0.25, 0.3) is 17.4 Å². The minimum atomic E-state index is -1.66. The molecule has 0 bridgehead atoms. The number of ether oxygens (including phenoxy) is 1. The zero-order valence-electron chi connectivity index (χ0n) is 13.1. The lowest BCUT2D eigenvalue weighted by Gasteiger charge is -2.32. The highest BCUT2D eigenvalue weighted by atomic mass is 16.5. The molecule has 6 nitrogen and oxygen atoms in total. The van der Waals surface area contributed by atoms with Crippen LogP contribution in [0.3, 0.4) is 0 Å². The van der Waals surface area contributed by atoms with Crippen LogP contribution in [-0.2, 0) is 9.59 Å². The summed E-state index contributed by atoms with van der Waals surface area (Å²) in [5.41, 5.74) is 1.14. The summed E-state index contributed by atoms with van der Waals surface area (Å²) in [5.74, 6) is -0.406. The third-order valence-electron chi connectivity index (χ3n) is 3.95. The number of anilines is 2. The Morgan fingerprint density at radius 1 is 1.26 bits per heavy atom. The minimum absolute atomic E-state index is 0.314. The van der Waals surface area contributed by atoms with Gasteiger partial charge in [0.2, 0.25) is 0 Å². The number of rotatable bonds is 2. The van der Waals surface area contributed by atoms with Crippen LogP contribution in [-0.4, -0.2) is 22.4 Å². The molecule has 0 spiro atoms. The molecule has 1 aromatic heterocycles. The topological polar surface area (TPSA) is 80.3 Å². The van der Waals surface area contributed by atoms with Crippen LogP contribution >= 0.6 is 0 Å². The van der Waals surface area contributed by atoms with Crippen molar-refractivity contribution in [3.63, 3.8) is 0 Å². The van der Waals surface area contributed by atoms with Gasteiger partial charge >= 0.3 is 0 Å². The Morgan fingerprint density at radius 2 is 2.04 bits per heavy atom. The Bertz CT molecular complexity index is 803. The van der Waals surface area contributed by atoms with E-state index in [1.54, 1.807) is 24.4 Å². The number of nitrogens with zero attached hydrogens (tertiary/aromatic N) is 1. The molecule has 0 saturated heterocycles. The van der Waals surface area contributed by atoms with E-state index in [1.165, 1.54) is 6.92 Å². The summed E-state index contributed by atoms with van der Waals surface area (Å²) in [5, 5.41) is 5.34. The lowest BCUT2D eigenvalue weighted by atomic mass is 10.0. The highest BCUT2D eigenvalue weighted by Crippen LogP contribution is 2.32. The van der Waals surface area contributed by atoms with E-state index in [9.17, 15) is 9.59 Å².